The van der Waals surface area contributed by atoms with E-state index < -0.39 is 0 Å². The summed E-state index contributed by atoms with van der Waals surface area (Å²) >= 11 is 0. The van der Waals surface area contributed by atoms with Crippen molar-refractivity contribution in [2.45, 2.75) is 27.4 Å². The van der Waals surface area contributed by atoms with E-state index in [9.17, 15) is 9.59 Å². The quantitative estimate of drug-likeness (QED) is 0.745. The summed E-state index contributed by atoms with van der Waals surface area (Å²) < 4.78 is 5.16. The summed E-state index contributed by atoms with van der Waals surface area (Å²) in [5, 5.41) is 0.651. The van der Waals surface area contributed by atoms with Gasteiger partial charge in [-0.3, -0.25) is 9.59 Å². The standard InChI is InChI=1S/C20H19NO3/c1-12-7-8-16-19(9-12)21-10-17(20(16)23)15-6-4-5-13(2)18(15)11-24-14(3)22/h4-10H,11H2,1-3H3,(H,21,23). The van der Waals surface area contributed by atoms with Gasteiger partial charge in [0.1, 0.15) is 6.61 Å². The zero-order valence-electron chi connectivity index (χ0n) is 14.0. The smallest absolute Gasteiger partial charge is 0.302 e. The number of benzene rings is 2. The lowest BCUT2D eigenvalue weighted by Crippen LogP contribution is -2.09. The maximum atomic E-state index is 12.9. The van der Waals surface area contributed by atoms with Gasteiger partial charge in [0, 0.05) is 35.2 Å². The van der Waals surface area contributed by atoms with Crippen molar-refractivity contribution < 1.29 is 9.53 Å². The summed E-state index contributed by atoms with van der Waals surface area (Å²) in [6.45, 7) is 5.47. The fourth-order valence-electron chi connectivity index (χ4n) is 2.86. The Hall–Kier alpha value is -2.88. The predicted octanol–water partition coefficient (Wildman–Crippen LogP) is 3.88. The van der Waals surface area contributed by atoms with Crippen LogP contribution in [0, 0.1) is 13.8 Å². The first-order valence-corrected chi connectivity index (χ1v) is 7.81. The summed E-state index contributed by atoms with van der Waals surface area (Å²) in [4.78, 5) is 27.3. The molecule has 4 nitrogen and oxygen atoms in total. The Labute approximate surface area is 140 Å². The van der Waals surface area contributed by atoms with E-state index in [1.165, 1.54) is 6.92 Å². The van der Waals surface area contributed by atoms with Crippen LogP contribution in [0.5, 0.6) is 0 Å². The topological polar surface area (TPSA) is 59.2 Å². The summed E-state index contributed by atoms with van der Waals surface area (Å²) in [5.74, 6) is -0.341. The fourth-order valence-corrected chi connectivity index (χ4v) is 2.86. The van der Waals surface area contributed by atoms with Crippen molar-refractivity contribution >= 4 is 16.9 Å². The van der Waals surface area contributed by atoms with Crippen molar-refractivity contribution in [2.75, 3.05) is 0 Å². The van der Waals surface area contributed by atoms with Crippen LogP contribution in [0.3, 0.4) is 0 Å². The molecule has 1 heterocycles. The van der Waals surface area contributed by atoms with Gasteiger partial charge in [-0.1, -0.05) is 24.3 Å². The Bertz CT molecular complexity index is 986. The number of hydrogen-bond acceptors (Lipinski definition) is 3. The average molecular weight is 321 g/mol. The Morgan fingerprint density at radius 3 is 2.67 bits per heavy atom. The Kier molecular flexibility index (Phi) is 4.21. The molecule has 0 spiro atoms. The van der Waals surface area contributed by atoms with Crippen LogP contribution in [-0.4, -0.2) is 11.0 Å². The van der Waals surface area contributed by atoms with Crippen LogP contribution in [0.25, 0.3) is 22.0 Å². The fraction of sp³-hybridized carbons (Fsp3) is 0.200. The molecule has 4 heteroatoms. The zero-order valence-corrected chi connectivity index (χ0v) is 14.0. The highest BCUT2D eigenvalue weighted by molar-refractivity contribution is 5.84. The normalized spacial score (nSPS) is 10.8. The van der Waals surface area contributed by atoms with Crippen LogP contribution in [0.2, 0.25) is 0 Å². The number of H-pyrrole nitrogens is 1. The van der Waals surface area contributed by atoms with Gasteiger partial charge in [-0.15, -0.1) is 0 Å². The van der Waals surface area contributed by atoms with E-state index in [2.05, 4.69) is 4.98 Å². The molecule has 3 aromatic rings. The van der Waals surface area contributed by atoms with Crippen molar-refractivity contribution in [3.63, 3.8) is 0 Å². The molecular formula is C20H19NO3. The van der Waals surface area contributed by atoms with Crippen molar-refractivity contribution in [1.82, 2.24) is 4.98 Å². The lowest BCUT2D eigenvalue weighted by Gasteiger charge is -2.13. The highest BCUT2D eigenvalue weighted by Gasteiger charge is 2.14. The molecule has 0 radical (unpaired) electrons. The van der Waals surface area contributed by atoms with Crippen molar-refractivity contribution in [2.24, 2.45) is 0 Å². The zero-order chi connectivity index (χ0) is 17.3. The highest BCUT2D eigenvalue weighted by atomic mass is 16.5. The molecule has 0 unspecified atom stereocenters. The molecule has 24 heavy (non-hydrogen) atoms. The van der Waals surface area contributed by atoms with Gasteiger partial charge >= 0.3 is 5.97 Å². The van der Waals surface area contributed by atoms with Crippen molar-refractivity contribution in [3.8, 4) is 11.1 Å². The van der Waals surface area contributed by atoms with E-state index in [4.69, 9.17) is 4.74 Å². The molecule has 2 aromatic carbocycles. The third kappa shape index (κ3) is 2.95. The van der Waals surface area contributed by atoms with Gasteiger partial charge in [-0.25, -0.2) is 0 Å². The number of nitrogens with one attached hydrogen (secondary N) is 1. The van der Waals surface area contributed by atoms with Gasteiger partial charge in [-0.2, -0.15) is 0 Å². The first kappa shape index (κ1) is 16.0. The number of esters is 1. The molecule has 0 amide bonds. The minimum absolute atomic E-state index is 0.0292. The van der Waals surface area contributed by atoms with Gasteiger partial charge in [0.15, 0.2) is 5.43 Å². The molecule has 0 aliphatic heterocycles. The van der Waals surface area contributed by atoms with Gasteiger partial charge < -0.3 is 9.72 Å². The molecule has 0 saturated carbocycles. The van der Waals surface area contributed by atoms with E-state index in [1.807, 2.05) is 50.2 Å². The van der Waals surface area contributed by atoms with Crippen LogP contribution < -0.4 is 5.43 Å². The van der Waals surface area contributed by atoms with Crippen LogP contribution in [0.4, 0.5) is 0 Å². The van der Waals surface area contributed by atoms with E-state index in [-0.39, 0.29) is 18.0 Å². The van der Waals surface area contributed by atoms with E-state index in [1.54, 1.807) is 6.20 Å². The van der Waals surface area contributed by atoms with Crippen LogP contribution >= 0.6 is 0 Å². The van der Waals surface area contributed by atoms with Crippen LogP contribution in [0.1, 0.15) is 23.6 Å². The molecule has 1 N–H and O–H groups in total. The van der Waals surface area contributed by atoms with Crippen molar-refractivity contribution in [3.05, 3.63) is 69.5 Å². The number of aryl methyl sites for hydroxylation is 2. The van der Waals surface area contributed by atoms with E-state index in [0.717, 1.165) is 27.8 Å². The second-order valence-corrected chi connectivity index (χ2v) is 5.96. The van der Waals surface area contributed by atoms with Gasteiger partial charge in [-0.05, 0) is 42.7 Å². The summed E-state index contributed by atoms with van der Waals surface area (Å²) in [6, 6.07) is 11.5. The lowest BCUT2D eigenvalue weighted by molar-refractivity contribution is -0.142. The number of hydrogen-bond donors (Lipinski definition) is 1. The van der Waals surface area contributed by atoms with Crippen molar-refractivity contribution in [1.29, 1.82) is 0 Å². The van der Waals surface area contributed by atoms with Crippen LogP contribution in [-0.2, 0) is 16.1 Å². The molecule has 0 saturated heterocycles. The second-order valence-electron chi connectivity index (χ2n) is 5.96. The van der Waals surface area contributed by atoms with E-state index >= 15 is 0 Å². The number of carbonyl (C=O) groups is 1. The number of pyridine rings is 1. The molecule has 0 atom stereocenters. The monoisotopic (exact) mass is 321 g/mol. The Balaban J connectivity index is 2.19. The molecule has 0 aliphatic carbocycles. The predicted molar refractivity (Wildman–Crippen MR) is 94.9 cm³/mol. The third-order valence-corrected chi connectivity index (χ3v) is 4.16. The van der Waals surface area contributed by atoms with Gasteiger partial charge in [0.05, 0.1) is 0 Å². The number of aromatic nitrogens is 1. The first-order chi connectivity index (χ1) is 11.5. The van der Waals surface area contributed by atoms with E-state index in [0.29, 0.717) is 10.9 Å². The molecule has 0 fully saturated rings. The minimum atomic E-state index is -0.341. The first-order valence-electron chi connectivity index (χ1n) is 7.81. The SMILES string of the molecule is CC(=O)OCc1c(C)cccc1-c1c[nH]c2cc(C)ccc2c1=O. The molecule has 0 bridgehead atoms. The highest BCUT2D eigenvalue weighted by Crippen LogP contribution is 2.25. The number of ether oxygens (including phenoxy) is 1. The van der Waals surface area contributed by atoms with Crippen LogP contribution in [0.15, 0.2) is 47.4 Å². The molecule has 1 aromatic heterocycles. The largest absolute Gasteiger partial charge is 0.461 e. The second kappa shape index (κ2) is 6.32. The molecule has 3 rings (SSSR count). The number of aromatic amines is 1. The van der Waals surface area contributed by atoms with Gasteiger partial charge in [0.2, 0.25) is 0 Å². The maximum Gasteiger partial charge on any atom is 0.302 e. The Morgan fingerprint density at radius 1 is 1.12 bits per heavy atom. The third-order valence-electron chi connectivity index (χ3n) is 4.16. The number of fused-ring (bicyclic) bond motifs is 1. The average Bonchev–Trinajstić information content (AvgIpc) is 2.53. The maximum absolute atomic E-state index is 12.9. The molecule has 0 aliphatic rings. The number of carbonyl (C=O) groups excluding carboxylic acids is 1. The molecular weight excluding hydrogens is 302 g/mol. The summed E-state index contributed by atoms with van der Waals surface area (Å²) in [5.41, 5.74) is 5.09. The summed E-state index contributed by atoms with van der Waals surface area (Å²) in [6.07, 6.45) is 1.73. The molecule has 122 valence electrons. The minimum Gasteiger partial charge on any atom is -0.461 e. The summed E-state index contributed by atoms with van der Waals surface area (Å²) in [7, 11) is 0. The number of rotatable bonds is 3. The lowest BCUT2D eigenvalue weighted by atomic mass is 9.96. The van der Waals surface area contributed by atoms with Gasteiger partial charge in [0.25, 0.3) is 0 Å². The Morgan fingerprint density at radius 2 is 1.92 bits per heavy atom.